The summed E-state index contributed by atoms with van der Waals surface area (Å²) in [5, 5.41) is -0.0268. The van der Waals surface area contributed by atoms with Crippen LogP contribution in [0.1, 0.15) is 93.9 Å². The van der Waals surface area contributed by atoms with E-state index < -0.39 is 41.2 Å². The van der Waals surface area contributed by atoms with Crippen LogP contribution in [0.5, 0.6) is 5.88 Å². The molecule has 6 fully saturated rings. The third-order valence-electron chi connectivity index (χ3n) is 15.0. The van der Waals surface area contributed by atoms with E-state index in [2.05, 4.69) is 15.0 Å². The van der Waals surface area contributed by atoms with Gasteiger partial charge < -0.3 is 14.2 Å². The molecule has 1 aliphatic heterocycles. The van der Waals surface area contributed by atoms with Gasteiger partial charge in [-0.25, -0.2) is 24.6 Å². The van der Waals surface area contributed by atoms with Crippen molar-refractivity contribution in [3.63, 3.8) is 0 Å². The van der Waals surface area contributed by atoms with E-state index in [9.17, 15) is 28.8 Å². The number of hydrogen-bond donors (Lipinski definition) is 0. The molecule has 6 aliphatic carbocycles. The van der Waals surface area contributed by atoms with Crippen molar-refractivity contribution in [2.45, 2.75) is 95.9 Å². The van der Waals surface area contributed by atoms with Crippen molar-refractivity contribution in [3.8, 4) is 15.6 Å². The highest BCUT2D eigenvalue weighted by molar-refractivity contribution is 7.25. The zero-order valence-corrected chi connectivity index (χ0v) is 36.7. The highest BCUT2D eigenvalue weighted by atomic mass is 32.1. The van der Waals surface area contributed by atoms with Crippen molar-refractivity contribution < 1.29 is 43.0 Å². The average molecular weight is 899 g/mol. The van der Waals surface area contributed by atoms with Crippen LogP contribution < -0.4 is 4.74 Å². The molecule has 2 aromatic carbocycles. The van der Waals surface area contributed by atoms with E-state index in [0.29, 0.717) is 65.4 Å². The smallest absolute Gasteiger partial charge is 0.369 e. The van der Waals surface area contributed by atoms with Gasteiger partial charge in [-0.2, -0.15) is 4.98 Å². The van der Waals surface area contributed by atoms with Gasteiger partial charge in [-0.05, 0) is 60.5 Å². The van der Waals surface area contributed by atoms with Crippen LogP contribution in [0.15, 0.2) is 70.6 Å². The van der Waals surface area contributed by atoms with Gasteiger partial charge in [0.05, 0.1) is 4.88 Å². The van der Waals surface area contributed by atoms with Crippen molar-refractivity contribution in [1.29, 1.82) is 0 Å². The number of thiazole rings is 2. The Balaban J connectivity index is 0.996. The van der Waals surface area contributed by atoms with Crippen LogP contribution in [0, 0.1) is 47.3 Å². The van der Waals surface area contributed by atoms with E-state index in [-0.39, 0.29) is 74.5 Å². The Morgan fingerprint density at radius 1 is 0.578 bits per heavy atom. The molecule has 13 nitrogen and oxygen atoms in total. The van der Waals surface area contributed by atoms with Crippen molar-refractivity contribution >= 4 is 79.4 Å². The molecule has 0 spiro atoms. The average Bonchev–Trinajstić information content (AvgIpc) is 4.06. The van der Waals surface area contributed by atoms with Gasteiger partial charge in [0.15, 0.2) is 34.6 Å². The lowest BCUT2D eigenvalue weighted by Gasteiger charge is -2.39. The molecular weight excluding hydrogens is 853 g/mol. The Hall–Kier alpha value is -5.54. The quantitative estimate of drug-likeness (QED) is 0.122. The zero-order valence-electron chi connectivity index (χ0n) is 35.1. The lowest BCUT2D eigenvalue weighted by molar-refractivity contribution is -0.184. The second-order valence-corrected chi connectivity index (χ2v) is 20.5. The molecule has 328 valence electrons. The summed E-state index contributed by atoms with van der Waals surface area (Å²) in [6, 6.07) is 17.8. The summed E-state index contributed by atoms with van der Waals surface area (Å²) >= 11 is 1.97. The number of aromatic nitrogens is 2. The maximum absolute atomic E-state index is 14.7. The first-order valence-corrected chi connectivity index (χ1v) is 24.3. The van der Waals surface area contributed by atoms with Crippen LogP contribution in [-0.4, -0.2) is 56.5 Å². The van der Waals surface area contributed by atoms with Crippen molar-refractivity contribution in [2.24, 2.45) is 57.3 Å². The summed E-state index contributed by atoms with van der Waals surface area (Å²) in [4.78, 5) is 104. The van der Waals surface area contributed by atoms with Crippen LogP contribution in [0.3, 0.4) is 0 Å². The number of benzene rings is 2. The van der Waals surface area contributed by atoms with Gasteiger partial charge in [-0.1, -0.05) is 135 Å². The van der Waals surface area contributed by atoms with E-state index in [1.807, 2.05) is 12.1 Å². The van der Waals surface area contributed by atoms with Crippen LogP contribution in [0.4, 0.5) is 10.3 Å². The van der Waals surface area contributed by atoms with Gasteiger partial charge in [0.1, 0.15) is 23.8 Å². The Bertz CT molecular complexity index is 2530. The van der Waals surface area contributed by atoms with Crippen LogP contribution in [-0.2, 0) is 57.1 Å². The maximum atomic E-state index is 14.7. The summed E-state index contributed by atoms with van der Waals surface area (Å²) in [7, 11) is 0. The summed E-state index contributed by atoms with van der Waals surface area (Å²) < 4.78 is 18.1. The molecule has 2 aromatic heterocycles. The normalized spacial score (nSPS) is 28.8. The first-order valence-electron chi connectivity index (χ1n) is 22.6. The molecule has 0 amide bonds. The highest BCUT2D eigenvalue weighted by Gasteiger charge is 2.61. The number of carbonyl (C=O) groups excluding carboxylic acids is 6. The van der Waals surface area contributed by atoms with E-state index in [0.717, 1.165) is 74.0 Å². The molecule has 15 heteroatoms. The van der Waals surface area contributed by atoms with Gasteiger partial charge in [0.2, 0.25) is 16.1 Å². The summed E-state index contributed by atoms with van der Waals surface area (Å²) in [6.45, 7) is -0.452. The number of hydrogen-bond acceptors (Lipinski definition) is 15. The fourth-order valence-electron chi connectivity index (χ4n) is 11.8. The molecule has 7 aliphatic rings. The number of fused-ring (bicyclic) bond motifs is 7. The van der Waals surface area contributed by atoms with E-state index in [1.165, 1.54) is 0 Å². The minimum atomic E-state index is -2.68. The molecule has 4 aromatic rings. The topological polar surface area (TPSA) is 181 Å². The lowest BCUT2D eigenvalue weighted by Crippen LogP contribution is -2.52. The lowest BCUT2D eigenvalue weighted by atomic mass is 9.64. The number of aliphatic imine (C=N–C) groups is 2. The standard InChI is InChI=1S/C49H46N4O9S2/c54-37-31-19-27-15-7-8-16-28(27)20-32(31)38(55)35(37)50-47-52-43-41(63-47)42-44(53-48(64-42)51-36-39(56)33-21-29-17-9-10-18-30(29)22-34(33)40(36)57)62-49(43,45(58)60-23-25-11-3-1-4-12-25)46(59)61-24-26-13-5-2-6-14-26/h1-6,11-14,27-34H,7-10,15-24H2. The maximum Gasteiger partial charge on any atom is 0.369 e. The minimum absolute atomic E-state index is 0.0165. The SMILES string of the molecule is O=C1C(=Nc2nc3c(s2)-c2sc(N=C4C(=O)C5CC6CCCCC6CC5C4=O)nc2C(C(=O)OCc2ccccc2)(C(=O)OCc2ccccc2)O3)C(=O)C2CC3CCCCC3CC12. The van der Waals surface area contributed by atoms with Crippen molar-refractivity contribution in [2.75, 3.05) is 0 Å². The van der Waals surface area contributed by atoms with Gasteiger partial charge in [-0.15, -0.1) is 0 Å². The van der Waals surface area contributed by atoms with Gasteiger partial charge in [-0.3, -0.25) is 19.2 Å². The van der Waals surface area contributed by atoms with Crippen LogP contribution in [0.2, 0.25) is 0 Å². The number of carbonyl (C=O) groups is 6. The predicted octanol–water partition coefficient (Wildman–Crippen LogP) is 8.45. The number of ether oxygens (including phenoxy) is 3. The summed E-state index contributed by atoms with van der Waals surface area (Å²) in [5.74, 6) is -3.66. The van der Waals surface area contributed by atoms with E-state index >= 15 is 0 Å². The largest absolute Gasteiger partial charge is 0.457 e. The van der Waals surface area contributed by atoms with Gasteiger partial charge in [0, 0.05) is 23.7 Å². The number of Topliss-reactive ketones (excluding diaryl/α,β-unsaturated/α-hetero) is 4. The second kappa shape index (κ2) is 16.5. The van der Waals surface area contributed by atoms with E-state index in [1.54, 1.807) is 48.5 Å². The molecule has 8 atom stereocenters. The predicted molar refractivity (Wildman–Crippen MR) is 236 cm³/mol. The fraction of sp³-hybridized carbons (Fsp3) is 0.469. The molecule has 0 N–H and O–H groups in total. The third kappa shape index (κ3) is 7.00. The first kappa shape index (κ1) is 41.2. The Labute approximate surface area is 377 Å². The highest BCUT2D eigenvalue weighted by Crippen LogP contribution is 2.55. The first-order chi connectivity index (χ1) is 31.2. The Morgan fingerprint density at radius 2 is 0.969 bits per heavy atom. The summed E-state index contributed by atoms with van der Waals surface area (Å²) in [6.07, 6.45) is 11.4. The molecule has 64 heavy (non-hydrogen) atoms. The van der Waals surface area contributed by atoms with Crippen LogP contribution in [0.25, 0.3) is 9.75 Å². The second-order valence-electron chi connectivity index (χ2n) is 18.6. The fourth-order valence-corrected chi connectivity index (χ4v) is 13.8. The molecule has 11 rings (SSSR count). The monoisotopic (exact) mass is 898 g/mol. The van der Waals surface area contributed by atoms with Gasteiger partial charge >= 0.3 is 17.5 Å². The number of nitrogens with zero attached hydrogens (tertiary/aromatic N) is 4. The molecule has 3 heterocycles. The summed E-state index contributed by atoms with van der Waals surface area (Å²) in [5.41, 5.74) is -1.93. The van der Waals surface area contributed by atoms with Gasteiger partial charge in [0.25, 0.3) is 0 Å². The van der Waals surface area contributed by atoms with Crippen LogP contribution >= 0.6 is 22.7 Å². The molecule has 0 saturated heterocycles. The molecule has 8 unspecified atom stereocenters. The molecule has 6 saturated carbocycles. The number of ketones is 4. The molecule has 0 radical (unpaired) electrons. The van der Waals surface area contributed by atoms with Crippen molar-refractivity contribution in [1.82, 2.24) is 9.97 Å². The molecule has 0 bridgehead atoms. The number of esters is 2. The minimum Gasteiger partial charge on any atom is -0.457 e. The Morgan fingerprint density at radius 3 is 1.39 bits per heavy atom. The van der Waals surface area contributed by atoms with Crippen molar-refractivity contribution in [3.05, 3.63) is 77.5 Å². The van der Waals surface area contributed by atoms with E-state index in [4.69, 9.17) is 19.2 Å². The molecular formula is C49H46N4O9S2. The third-order valence-corrected chi connectivity index (χ3v) is 17.1. The zero-order chi connectivity index (χ0) is 43.7. The Kier molecular flexibility index (Phi) is 10.6. The number of rotatable bonds is 8.